The molecule has 0 radical (unpaired) electrons. The third-order valence-corrected chi connectivity index (χ3v) is 1.29. The van der Waals surface area contributed by atoms with Gasteiger partial charge in [-0.05, 0) is 18.2 Å². The first-order valence-electron chi connectivity index (χ1n) is 3.17. The zero-order valence-corrected chi connectivity index (χ0v) is 5.91. The van der Waals surface area contributed by atoms with Crippen LogP contribution < -0.4 is 11.1 Å². The number of aliphatic hydroxyl groups excluding tert-OH is 1. The number of hydrogen-bond acceptors (Lipinski definition) is 4. The molecule has 4 nitrogen and oxygen atoms in total. The highest BCUT2D eigenvalue weighted by molar-refractivity contribution is 5.62. The van der Waals surface area contributed by atoms with Crippen molar-refractivity contribution < 1.29 is 10.2 Å². The van der Waals surface area contributed by atoms with E-state index in [1.165, 1.54) is 6.07 Å². The van der Waals surface area contributed by atoms with E-state index in [0.29, 0.717) is 11.4 Å². The van der Waals surface area contributed by atoms with Gasteiger partial charge in [0.05, 0.1) is 5.69 Å². The predicted molar refractivity (Wildman–Crippen MR) is 43.2 cm³/mol. The minimum atomic E-state index is -0.225. The van der Waals surface area contributed by atoms with Gasteiger partial charge >= 0.3 is 0 Å². The lowest BCUT2D eigenvalue weighted by Crippen LogP contribution is -2.00. The fourth-order valence-electron chi connectivity index (χ4n) is 0.780. The van der Waals surface area contributed by atoms with Gasteiger partial charge in [-0.3, -0.25) is 0 Å². The molecule has 1 aromatic carbocycles. The first kappa shape index (κ1) is 7.68. The summed E-state index contributed by atoms with van der Waals surface area (Å²) >= 11 is 0. The van der Waals surface area contributed by atoms with E-state index in [1.54, 1.807) is 12.1 Å². The monoisotopic (exact) mass is 154 g/mol. The molecular weight excluding hydrogens is 144 g/mol. The van der Waals surface area contributed by atoms with Crippen molar-refractivity contribution in [2.75, 3.05) is 17.8 Å². The second kappa shape index (κ2) is 3.12. The Kier molecular flexibility index (Phi) is 2.18. The van der Waals surface area contributed by atoms with E-state index >= 15 is 0 Å². The summed E-state index contributed by atoms with van der Waals surface area (Å²) in [6.07, 6.45) is 0. The Morgan fingerprint density at radius 3 is 2.82 bits per heavy atom. The van der Waals surface area contributed by atoms with Gasteiger partial charge < -0.3 is 21.3 Å². The van der Waals surface area contributed by atoms with Crippen molar-refractivity contribution in [3.63, 3.8) is 0 Å². The molecule has 0 saturated carbocycles. The zero-order valence-electron chi connectivity index (χ0n) is 5.91. The smallest absolute Gasteiger partial charge is 0.138 e. The molecule has 0 aliphatic carbocycles. The Hall–Kier alpha value is -1.42. The molecule has 0 spiro atoms. The summed E-state index contributed by atoms with van der Waals surface area (Å²) in [4.78, 5) is 0. The summed E-state index contributed by atoms with van der Waals surface area (Å²) < 4.78 is 0. The van der Waals surface area contributed by atoms with Gasteiger partial charge in [-0.1, -0.05) is 0 Å². The standard InChI is InChI=1S/C7H10N2O2/c8-5-1-2-7(11)6(3-5)9-4-10/h1-3,9-11H,4,8H2. The minimum absolute atomic E-state index is 0.0771. The molecule has 0 bridgehead atoms. The molecule has 1 rings (SSSR count). The molecule has 0 heterocycles. The molecule has 11 heavy (non-hydrogen) atoms. The molecule has 0 fully saturated rings. The molecule has 0 aliphatic rings. The quantitative estimate of drug-likeness (QED) is 0.214. The van der Waals surface area contributed by atoms with Crippen molar-refractivity contribution in [1.82, 2.24) is 0 Å². The number of rotatable bonds is 2. The van der Waals surface area contributed by atoms with Gasteiger partial charge in [0.1, 0.15) is 12.5 Å². The van der Waals surface area contributed by atoms with Gasteiger partial charge in [0, 0.05) is 5.69 Å². The number of aliphatic hydroxyl groups is 1. The summed E-state index contributed by atoms with van der Waals surface area (Å²) in [5.74, 6) is 0.0771. The van der Waals surface area contributed by atoms with Crippen LogP contribution in [-0.2, 0) is 0 Å². The van der Waals surface area contributed by atoms with Crippen molar-refractivity contribution >= 4 is 11.4 Å². The molecule has 0 amide bonds. The number of aromatic hydroxyl groups is 1. The van der Waals surface area contributed by atoms with Crippen molar-refractivity contribution in [1.29, 1.82) is 0 Å². The summed E-state index contributed by atoms with van der Waals surface area (Å²) in [7, 11) is 0. The average molecular weight is 154 g/mol. The molecule has 0 aromatic heterocycles. The van der Waals surface area contributed by atoms with Crippen LogP contribution in [0.15, 0.2) is 18.2 Å². The van der Waals surface area contributed by atoms with Crippen molar-refractivity contribution in [3.05, 3.63) is 18.2 Å². The summed E-state index contributed by atoms with van der Waals surface area (Å²) in [6.45, 7) is -0.225. The normalized spacial score (nSPS) is 9.55. The van der Waals surface area contributed by atoms with Crippen molar-refractivity contribution in [3.8, 4) is 5.75 Å². The fourth-order valence-corrected chi connectivity index (χ4v) is 0.780. The molecule has 5 N–H and O–H groups in total. The Morgan fingerprint density at radius 1 is 1.45 bits per heavy atom. The number of nitrogens with one attached hydrogen (secondary N) is 1. The maximum Gasteiger partial charge on any atom is 0.138 e. The maximum atomic E-state index is 9.14. The lowest BCUT2D eigenvalue weighted by molar-refractivity contribution is 0.324. The number of anilines is 2. The Bertz CT molecular complexity index is 250. The molecule has 0 atom stereocenters. The molecule has 0 saturated heterocycles. The van der Waals surface area contributed by atoms with Crippen LogP contribution in [0.5, 0.6) is 5.75 Å². The highest BCUT2D eigenvalue weighted by Crippen LogP contribution is 2.24. The van der Waals surface area contributed by atoms with E-state index in [4.69, 9.17) is 15.9 Å². The van der Waals surface area contributed by atoms with Gasteiger partial charge in [0.25, 0.3) is 0 Å². The van der Waals surface area contributed by atoms with E-state index < -0.39 is 0 Å². The lowest BCUT2D eigenvalue weighted by Gasteiger charge is -2.05. The minimum Gasteiger partial charge on any atom is -0.506 e. The maximum absolute atomic E-state index is 9.14. The summed E-state index contributed by atoms with van der Waals surface area (Å²) in [5.41, 5.74) is 6.40. The largest absolute Gasteiger partial charge is 0.506 e. The summed E-state index contributed by atoms with van der Waals surface area (Å²) in [6, 6.07) is 4.59. The molecular formula is C7H10N2O2. The second-order valence-electron chi connectivity index (χ2n) is 2.11. The van der Waals surface area contributed by atoms with Crippen LogP contribution in [0.1, 0.15) is 0 Å². The van der Waals surface area contributed by atoms with Crippen LogP contribution in [-0.4, -0.2) is 16.9 Å². The first-order chi connectivity index (χ1) is 5.24. The van der Waals surface area contributed by atoms with Gasteiger partial charge in [-0.2, -0.15) is 0 Å². The molecule has 60 valence electrons. The van der Waals surface area contributed by atoms with Crippen molar-refractivity contribution in [2.45, 2.75) is 0 Å². The van der Waals surface area contributed by atoms with Crippen LogP contribution in [0.3, 0.4) is 0 Å². The molecule has 4 heteroatoms. The molecule has 0 unspecified atom stereocenters. The van der Waals surface area contributed by atoms with Crippen LogP contribution in [0.25, 0.3) is 0 Å². The number of phenols is 1. The Balaban J connectivity index is 2.93. The van der Waals surface area contributed by atoms with E-state index in [-0.39, 0.29) is 12.5 Å². The van der Waals surface area contributed by atoms with Crippen LogP contribution >= 0.6 is 0 Å². The highest BCUT2D eigenvalue weighted by Gasteiger charge is 1.98. The van der Waals surface area contributed by atoms with E-state index in [2.05, 4.69) is 5.32 Å². The lowest BCUT2D eigenvalue weighted by atomic mass is 10.2. The number of phenolic OH excluding ortho intramolecular Hbond substituents is 1. The van der Waals surface area contributed by atoms with Gasteiger partial charge in [-0.15, -0.1) is 0 Å². The van der Waals surface area contributed by atoms with E-state index in [1.807, 2.05) is 0 Å². The average Bonchev–Trinajstić information content (AvgIpc) is 1.98. The molecule has 1 aromatic rings. The number of benzene rings is 1. The van der Waals surface area contributed by atoms with E-state index in [9.17, 15) is 0 Å². The fraction of sp³-hybridized carbons (Fsp3) is 0.143. The van der Waals surface area contributed by atoms with Crippen molar-refractivity contribution in [2.24, 2.45) is 0 Å². The topological polar surface area (TPSA) is 78.5 Å². The number of nitrogen functional groups attached to an aromatic ring is 1. The zero-order chi connectivity index (χ0) is 8.27. The predicted octanol–water partition coefficient (Wildman–Crippen LogP) is 0.336. The first-order valence-corrected chi connectivity index (χ1v) is 3.17. The van der Waals surface area contributed by atoms with Gasteiger partial charge in [0.15, 0.2) is 0 Å². The van der Waals surface area contributed by atoms with Gasteiger partial charge in [0.2, 0.25) is 0 Å². The third kappa shape index (κ3) is 1.75. The van der Waals surface area contributed by atoms with Gasteiger partial charge in [-0.25, -0.2) is 0 Å². The molecule has 0 aliphatic heterocycles. The van der Waals surface area contributed by atoms with Crippen LogP contribution in [0.2, 0.25) is 0 Å². The Morgan fingerprint density at radius 2 is 2.18 bits per heavy atom. The SMILES string of the molecule is Nc1ccc(O)c(NCO)c1. The number of hydrogen-bond donors (Lipinski definition) is 4. The Labute approximate surface area is 64.3 Å². The summed E-state index contributed by atoms with van der Waals surface area (Å²) in [5, 5.41) is 20.2. The van der Waals surface area contributed by atoms with E-state index in [0.717, 1.165) is 0 Å². The van der Waals surface area contributed by atoms with Crippen LogP contribution in [0.4, 0.5) is 11.4 Å². The number of nitrogens with two attached hydrogens (primary N) is 1. The van der Waals surface area contributed by atoms with Crippen LogP contribution in [0, 0.1) is 0 Å². The highest BCUT2D eigenvalue weighted by atomic mass is 16.3. The third-order valence-electron chi connectivity index (χ3n) is 1.29. The second-order valence-corrected chi connectivity index (χ2v) is 2.11.